The first-order valence-corrected chi connectivity index (χ1v) is 8.00. The molecule has 0 fully saturated rings. The molecule has 0 spiro atoms. The van der Waals surface area contributed by atoms with Crippen molar-refractivity contribution in [2.45, 2.75) is 13.3 Å². The molecule has 0 saturated carbocycles. The monoisotopic (exact) mass is 344 g/mol. The number of ether oxygens (including phenoxy) is 1. The SMILES string of the molecule is Cc1c(Cl)cccc1NC(=O)C[C@H]1COc2ccccc2NC1=O. The van der Waals surface area contributed by atoms with Gasteiger partial charge in [-0.1, -0.05) is 29.8 Å². The fourth-order valence-corrected chi connectivity index (χ4v) is 2.69. The Kier molecular flexibility index (Phi) is 4.71. The molecule has 124 valence electrons. The number of anilines is 2. The molecule has 24 heavy (non-hydrogen) atoms. The average molecular weight is 345 g/mol. The van der Waals surface area contributed by atoms with Gasteiger partial charge >= 0.3 is 0 Å². The van der Waals surface area contributed by atoms with Crippen molar-refractivity contribution in [1.29, 1.82) is 0 Å². The third-order valence-electron chi connectivity index (χ3n) is 3.93. The smallest absolute Gasteiger partial charge is 0.231 e. The number of hydrogen-bond acceptors (Lipinski definition) is 3. The molecule has 1 aliphatic rings. The number of rotatable bonds is 3. The van der Waals surface area contributed by atoms with Gasteiger partial charge in [-0.05, 0) is 36.8 Å². The second kappa shape index (κ2) is 6.93. The van der Waals surface area contributed by atoms with Crippen molar-refractivity contribution in [3.63, 3.8) is 0 Å². The van der Waals surface area contributed by atoms with Crippen molar-refractivity contribution < 1.29 is 14.3 Å². The molecule has 0 aromatic heterocycles. The first kappa shape index (κ1) is 16.3. The van der Waals surface area contributed by atoms with Gasteiger partial charge in [0.15, 0.2) is 0 Å². The molecule has 2 aromatic carbocycles. The predicted octanol–water partition coefficient (Wildman–Crippen LogP) is 3.62. The number of hydrogen-bond donors (Lipinski definition) is 2. The Balaban J connectivity index is 1.67. The van der Waals surface area contributed by atoms with E-state index in [0.29, 0.717) is 22.1 Å². The minimum absolute atomic E-state index is 0.0335. The first-order chi connectivity index (χ1) is 11.5. The summed E-state index contributed by atoms with van der Waals surface area (Å²) in [4.78, 5) is 24.6. The summed E-state index contributed by atoms with van der Waals surface area (Å²) in [6, 6.07) is 12.5. The number of para-hydroxylation sites is 2. The zero-order valence-corrected chi connectivity index (χ0v) is 13.9. The average Bonchev–Trinajstić information content (AvgIpc) is 2.71. The van der Waals surface area contributed by atoms with E-state index in [4.69, 9.17) is 16.3 Å². The number of nitrogens with one attached hydrogen (secondary N) is 2. The van der Waals surface area contributed by atoms with Gasteiger partial charge in [-0.25, -0.2) is 0 Å². The molecule has 1 heterocycles. The van der Waals surface area contributed by atoms with Crippen LogP contribution in [0.5, 0.6) is 5.75 Å². The lowest BCUT2D eigenvalue weighted by molar-refractivity contribution is -0.125. The molecule has 2 aromatic rings. The van der Waals surface area contributed by atoms with Crippen LogP contribution < -0.4 is 15.4 Å². The van der Waals surface area contributed by atoms with Crippen LogP contribution in [0.2, 0.25) is 5.02 Å². The van der Waals surface area contributed by atoms with E-state index in [1.54, 1.807) is 30.3 Å². The summed E-state index contributed by atoms with van der Waals surface area (Å²) in [6.45, 7) is 1.99. The van der Waals surface area contributed by atoms with Gasteiger partial charge in [-0.3, -0.25) is 9.59 Å². The van der Waals surface area contributed by atoms with Gasteiger partial charge in [0.2, 0.25) is 11.8 Å². The van der Waals surface area contributed by atoms with Crippen LogP contribution in [-0.4, -0.2) is 18.4 Å². The van der Waals surface area contributed by atoms with Crippen LogP contribution in [0.3, 0.4) is 0 Å². The highest BCUT2D eigenvalue weighted by Crippen LogP contribution is 2.28. The van der Waals surface area contributed by atoms with E-state index in [2.05, 4.69) is 10.6 Å². The summed E-state index contributed by atoms with van der Waals surface area (Å²) in [7, 11) is 0. The van der Waals surface area contributed by atoms with E-state index in [1.807, 2.05) is 19.1 Å². The summed E-state index contributed by atoms with van der Waals surface area (Å²) >= 11 is 6.05. The zero-order chi connectivity index (χ0) is 17.1. The molecule has 0 unspecified atom stereocenters. The van der Waals surface area contributed by atoms with Crippen LogP contribution in [-0.2, 0) is 9.59 Å². The van der Waals surface area contributed by atoms with E-state index in [9.17, 15) is 9.59 Å². The number of carbonyl (C=O) groups is 2. The van der Waals surface area contributed by atoms with E-state index < -0.39 is 5.92 Å². The standard InChI is InChI=1S/C18H17ClN2O3/c1-11-13(19)5-4-7-14(11)20-17(22)9-12-10-24-16-8-3-2-6-15(16)21-18(12)23/h2-8,12H,9-10H2,1H3,(H,20,22)(H,21,23)/t12-/m0/s1. The molecule has 1 aliphatic heterocycles. The molecule has 3 rings (SSSR count). The van der Waals surface area contributed by atoms with Crippen LogP contribution in [0.15, 0.2) is 42.5 Å². The number of carbonyl (C=O) groups excluding carboxylic acids is 2. The maximum Gasteiger partial charge on any atom is 0.231 e. The molecule has 2 N–H and O–H groups in total. The van der Waals surface area contributed by atoms with Crippen molar-refractivity contribution in [2.75, 3.05) is 17.2 Å². The fraction of sp³-hybridized carbons (Fsp3) is 0.222. The van der Waals surface area contributed by atoms with E-state index >= 15 is 0 Å². The lowest BCUT2D eigenvalue weighted by Crippen LogP contribution is -2.29. The Morgan fingerprint density at radius 3 is 2.92 bits per heavy atom. The van der Waals surface area contributed by atoms with Crippen LogP contribution in [0, 0.1) is 12.8 Å². The highest BCUT2D eigenvalue weighted by atomic mass is 35.5. The van der Waals surface area contributed by atoms with Crippen LogP contribution in [0.1, 0.15) is 12.0 Å². The summed E-state index contributed by atoms with van der Waals surface area (Å²) < 4.78 is 5.64. The molecule has 0 aliphatic carbocycles. The minimum atomic E-state index is -0.558. The summed E-state index contributed by atoms with van der Waals surface area (Å²) in [6.07, 6.45) is 0.0335. The van der Waals surface area contributed by atoms with Gasteiger partial charge in [0.05, 0.1) is 11.6 Å². The van der Waals surface area contributed by atoms with Crippen molar-refractivity contribution in [3.8, 4) is 5.75 Å². The Morgan fingerprint density at radius 2 is 2.08 bits per heavy atom. The summed E-state index contributed by atoms with van der Waals surface area (Å²) in [5.74, 6) is -0.427. The molecule has 2 amide bonds. The third kappa shape index (κ3) is 3.51. The Bertz CT molecular complexity index is 792. The molecule has 6 heteroatoms. The van der Waals surface area contributed by atoms with Crippen molar-refractivity contribution >= 4 is 34.8 Å². The highest BCUT2D eigenvalue weighted by molar-refractivity contribution is 6.31. The van der Waals surface area contributed by atoms with E-state index in [-0.39, 0.29) is 24.8 Å². The number of amides is 2. The summed E-state index contributed by atoms with van der Waals surface area (Å²) in [5, 5.41) is 6.18. The number of benzene rings is 2. The van der Waals surface area contributed by atoms with Gasteiger partial charge in [0, 0.05) is 17.1 Å². The molecule has 0 bridgehead atoms. The second-order valence-electron chi connectivity index (χ2n) is 5.66. The Morgan fingerprint density at radius 1 is 1.29 bits per heavy atom. The second-order valence-corrected chi connectivity index (χ2v) is 6.07. The quantitative estimate of drug-likeness (QED) is 0.893. The van der Waals surface area contributed by atoms with Crippen molar-refractivity contribution in [2.24, 2.45) is 5.92 Å². The molecule has 0 saturated heterocycles. The van der Waals surface area contributed by atoms with E-state index in [1.165, 1.54) is 0 Å². The van der Waals surface area contributed by atoms with Gasteiger partial charge in [0.1, 0.15) is 12.4 Å². The highest BCUT2D eigenvalue weighted by Gasteiger charge is 2.27. The zero-order valence-electron chi connectivity index (χ0n) is 13.1. The molecule has 1 atom stereocenters. The van der Waals surface area contributed by atoms with Crippen LogP contribution in [0.4, 0.5) is 11.4 Å². The topological polar surface area (TPSA) is 67.4 Å². The van der Waals surface area contributed by atoms with Gasteiger partial charge in [-0.15, -0.1) is 0 Å². The van der Waals surface area contributed by atoms with Gasteiger partial charge in [-0.2, -0.15) is 0 Å². The number of halogens is 1. The summed E-state index contributed by atoms with van der Waals surface area (Å²) in [5.41, 5.74) is 2.06. The van der Waals surface area contributed by atoms with Crippen molar-refractivity contribution in [1.82, 2.24) is 0 Å². The molecule has 5 nitrogen and oxygen atoms in total. The molecular weight excluding hydrogens is 328 g/mol. The fourth-order valence-electron chi connectivity index (χ4n) is 2.52. The van der Waals surface area contributed by atoms with Crippen LogP contribution >= 0.6 is 11.6 Å². The Labute approximate surface area is 145 Å². The maximum atomic E-state index is 12.3. The molecular formula is C18H17ClN2O3. The van der Waals surface area contributed by atoms with Crippen molar-refractivity contribution in [3.05, 3.63) is 53.1 Å². The minimum Gasteiger partial charge on any atom is -0.491 e. The van der Waals surface area contributed by atoms with Gasteiger partial charge < -0.3 is 15.4 Å². The third-order valence-corrected chi connectivity index (χ3v) is 4.34. The first-order valence-electron chi connectivity index (χ1n) is 7.62. The van der Waals surface area contributed by atoms with Gasteiger partial charge in [0.25, 0.3) is 0 Å². The largest absolute Gasteiger partial charge is 0.491 e. The number of fused-ring (bicyclic) bond motifs is 1. The maximum absolute atomic E-state index is 12.3. The lowest BCUT2D eigenvalue weighted by atomic mass is 10.0. The van der Waals surface area contributed by atoms with E-state index in [0.717, 1.165) is 5.56 Å². The molecule has 0 radical (unpaired) electrons. The lowest BCUT2D eigenvalue weighted by Gasteiger charge is -2.14. The normalized spacial score (nSPS) is 16.4. The predicted molar refractivity (Wildman–Crippen MR) is 93.5 cm³/mol. The Hall–Kier alpha value is -2.53. The van der Waals surface area contributed by atoms with Crippen LogP contribution in [0.25, 0.3) is 0 Å².